The molecule has 150 valence electrons. The Hall–Kier alpha value is -3.13. The average Bonchev–Trinajstić information content (AvgIpc) is 3.09. The number of nitrogens with zero attached hydrogens (tertiary/aromatic N) is 4. The summed E-state index contributed by atoms with van der Waals surface area (Å²) in [5, 5.41) is 13.4. The van der Waals surface area contributed by atoms with Crippen LogP contribution in [-0.2, 0) is 10.5 Å². The van der Waals surface area contributed by atoms with E-state index in [1.54, 1.807) is 18.5 Å². The zero-order valence-corrected chi connectivity index (χ0v) is 17.4. The maximum absolute atomic E-state index is 12.2. The van der Waals surface area contributed by atoms with Crippen molar-refractivity contribution in [2.45, 2.75) is 32.1 Å². The van der Waals surface area contributed by atoms with Gasteiger partial charge in [-0.15, -0.1) is 5.10 Å². The summed E-state index contributed by atoms with van der Waals surface area (Å²) < 4.78 is 6.62. The van der Waals surface area contributed by atoms with E-state index in [9.17, 15) is 4.79 Å². The number of fused-ring (bicyclic) bond motifs is 1. The molecule has 2 N–H and O–H groups in total. The van der Waals surface area contributed by atoms with Crippen LogP contribution in [0.1, 0.15) is 31.9 Å². The number of aromatic nitrogens is 2. The third kappa shape index (κ3) is 5.92. The topological polar surface area (TPSA) is 94.9 Å². The molecule has 7 nitrogen and oxygen atoms in total. The first kappa shape index (κ1) is 20.6. The summed E-state index contributed by atoms with van der Waals surface area (Å²) in [5.41, 5.74) is 7.98. The number of benzene rings is 2. The molecule has 1 aromatic heterocycles. The molecule has 1 heterocycles. The van der Waals surface area contributed by atoms with Gasteiger partial charge in [0, 0.05) is 11.1 Å². The maximum Gasteiger partial charge on any atom is 0.435 e. The zero-order chi connectivity index (χ0) is 20.9. The first-order chi connectivity index (χ1) is 13.8. The number of ether oxygens (including phenoxy) is 1. The zero-order valence-electron chi connectivity index (χ0n) is 16.6. The molecule has 0 aliphatic rings. The van der Waals surface area contributed by atoms with Gasteiger partial charge >= 0.3 is 6.09 Å². The average molecular weight is 410 g/mol. The van der Waals surface area contributed by atoms with Gasteiger partial charge in [0.2, 0.25) is 0 Å². The number of hydrogen-bond acceptors (Lipinski definition) is 6. The van der Waals surface area contributed by atoms with Crippen LogP contribution in [-0.4, -0.2) is 32.9 Å². The predicted octanol–water partition coefficient (Wildman–Crippen LogP) is 4.40. The van der Waals surface area contributed by atoms with Crippen molar-refractivity contribution in [1.82, 2.24) is 9.78 Å². The molecule has 0 aliphatic heterocycles. The summed E-state index contributed by atoms with van der Waals surface area (Å²) in [5.74, 6) is 0.738. The second-order valence-corrected chi connectivity index (χ2v) is 8.31. The SMILES string of the molecule is CC(C)(C)OC(=O)n1ncc2cc(C=NN=C(N)SCc3ccccc3)ccc21. The van der Waals surface area contributed by atoms with E-state index in [1.807, 2.05) is 63.2 Å². The molecule has 0 atom stereocenters. The lowest BCUT2D eigenvalue weighted by Gasteiger charge is -2.19. The molecule has 0 aliphatic carbocycles. The third-order valence-corrected chi connectivity index (χ3v) is 4.61. The van der Waals surface area contributed by atoms with Gasteiger partial charge in [-0.1, -0.05) is 48.2 Å². The van der Waals surface area contributed by atoms with Crippen LogP contribution in [0, 0.1) is 0 Å². The minimum atomic E-state index is -0.585. The largest absolute Gasteiger partial charge is 0.442 e. The first-order valence-electron chi connectivity index (χ1n) is 9.06. The number of nitrogens with two attached hydrogens (primary N) is 1. The lowest BCUT2D eigenvalue weighted by atomic mass is 10.2. The lowest BCUT2D eigenvalue weighted by Crippen LogP contribution is -2.27. The second-order valence-electron chi connectivity index (χ2n) is 7.31. The van der Waals surface area contributed by atoms with Crippen molar-refractivity contribution in [2.75, 3.05) is 0 Å². The van der Waals surface area contributed by atoms with Crippen LogP contribution in [0.25, 0.3) is 10.9 Å². The molecular weight excluding hydrogens is 386 g/mol. The monoisotopic (exact) mass is 409 g/mol. The Morgan fingerprint density at radius 1 is 1.24 bits per heavy atom. The van der Waals surface area contributed by atoms with Crippen molar-refractivity contribution in [2.24, 2.45) is 15.9 Å². The van der Waals surface area contributed by atoms with Gasteiger partial charge < -0.3 is 10.5 Å². The van der Waals surface area contributed by atoms with Crippen LogP contribution in [0.4, 0.5) is 4.79 Å². The van der Waals surface area contributed by atoms with Crippen molar-refractivity contribution in [3.8, 4) is 0 Å². The molecule has 8 heteroatoms. The van der Waals surface area contributed by atoms with Gasteiger partial charge in [0.25, 0.3) is 0 Å². The van der Waals surface area contributed by atoms with Gasteiger partial charge in [-0.3, -0.25) is 0 Å². The van der Waals surface area contributed by atoms with Gasteiger partial charge in [0.1, 0.15) is 5.60 Å². The number of carbonyl (C=O) groups is 1. The van der Waals surface area contributed by atoms with Crippen LogP contribution >= 0.6 is 11.8 Å². The standard InChI is InChI=1S/C21H23N5O2S/c1-21(2,3)28-20(27)26-18-10-9-16(11-17(18)13-24-26)12-23-25-19(22)29-14-15-7-5-4-6-8-15/h4-13H,14H2,1-3H3,(H2,22,25). The fraction of sp³-hybridized carbons (Fsp3) is 0.238. The minimum Gasteiger partial charge on any atom is -0.442 e. The van der Waals surface area contributed by atoms with E-state index >= 15 is 0 Å². The molecule has 0 spiro atoms. The first-order valence-corrected chi connectivity index (χ1v) is 10.0. The number of thioether (sulfide) groups is 1. The summed E-state index contributed by atoms with van der Waals surface area (Å²) in [6.07, 6.45) is 2.71. The summed E-state index contributed by atoms with van der Waals surface area (Å²) in [6.45, 7) is 5.45. The molecule has 0 bridgehead atoms. The predicted molar refractivity (Wildman–Crippen MR) is 118 cm³/mol. The molecule has 0 radical (unpaired) electrons. The smallest absolute Gasteiger partial charge is 0.435 e. The van der Waals surface area contributed by atoms with E-state index in [1.165, 1.54) is 22.0 Å². The second kappa shape index (κ2) is 8.91. The Morgan fingerprint density at radius 2 is 2.00 bits per heavy atom. The molecule has 3 rings (SSSR count). The molecule has 0 unspecified atom stereocenters. The van der Waals surface area contributed by atoms with E-state index in [2.05, 4.69) is 15.3 Å². The van der Waals surface area contributed by atoms with Crippen molar-refractivity contribution in [3.63, 3.8) is 0 Å². The highest BCUT2D eigenvalue weighted by Gasteiger charge is 2.19. The summed E-state index contributed by atoms with van der Waals surface area (Å²) in [7, 11) is 0. The molecule has 29 heavy (non-hydrogen) atoms. The number of rotatable bonds is 4. The fourth-order valence-electron chi connectivity index (χ4n) is 2.50. The Bertz CT molecular complexity index is 1050. The molecule has 0 amide bonds. The Morgan fingerprint density at radius 3 is 2.72 bits per heavy atom. The quantitative estimate of drug-likeness (QED) is 0.391. The Labute approximate surface area is 173 Å². The van der Waals surface area contributed by atoms with Crippen molar-refractivity contribution >= 4 is 40.1 Å². The van der Waals surface area contributed by atoms with Crippen LogP contribution < -0.4 is 5.73 Å². The summed E-state index contributed by atoms with van der Waals surface area (Å²) >= 11 is 1.43. The molecule has 2 aromatic carbocycles. The summed E-state index contributed by atoms with van der Waals surface area (Å²) in [4.78, 5) is 12.2. The van der Waals surface area contributed by atoms with Gasteiger partial charge in [-0.2, -0.15) is 14.9 Å². The number of hydrogen-bond donors (Lipinski definition) is 1. The van der Waals surface area contributed by atoms with Crippen LogP contribution in [0.2, 0.25) is 0 Å². The third-order valence-electron chi connectivity index (χ3n) is 3.75. The van der Waals surface area contributed by atoms with Gasteiger partial charge in [0.05, 0.1) is 17.9 Å². The van der Waals surface area contributed by atoms with E-state index in [4.69, 9.17) is 10.5 Å². The van der Waals surface area contributed by atoms with Gasteiger partial charge in [0.15, 0.2) is 5.17 Å². The van der Waals surface area contributed by atoms with E-state index in [0.29, 0.717) is 10.7 Å². The van der Waals surface area contributed by atoms with Crippen molar-refractivity contribution < 1.29 is 9.53 Å². The Kier molecular flexibility index (Phi) is 6.33. The lowest BCUT2D eigenvalue weighted by molar-refractivity contribution is 0.0522. The van der Waals surface area contributed by atoms with E-state index < -0.39 is 11.7 Å². The van der Waals surface area contributed by atoms with Crippen molar-refractivity contribution in [1.29, 1.82) is 0 Å². The molecule has 0 saturated carbocycles. The normalized spacial score (nSPS) is 12.6. The minimum absolute atomic E-state index is 0.393. The maximum atomic E-state index is 12.2. The Balaban J connectivity index is 1.65. The van der Waals surface area contributed by atoms with E-state index in [-0.39, 0.29) is 0 Å². The highest BCUT2D eigenvalue weighted by Crippen LogP contribution is 2.17. The fourth-order valence-corrected chi connectivity index (χ4v) is 3.11. The molecular formula is C21H23N5O2S. The van der Waals surface area contributed by atoms with Gasteiger partial charge in [-0.05, 0) is 44.0 Å². The highest BCUT2D eigenvalue weighted by molar-refractivity contribution is 8.13. The van der Waals surface area contributed by atoms with Crippen LogP contribution in [0.3, 0.4) is 0 Å². The summed E-state index contributed by atoms with van der Waals surface area (Å²) in [6, 6.07) is 15.5. The van der Waals surface area contributed by atoms with Crippen LogP contribution in [0.5, 0.6) is 0 Å². The van der Waals surface area contributed by atoms with E-state index in [0.717, 1.165) is 16.7 Å². The molecule has 0 fully saturated rings. The highest BCUT2D eigenvalue weighted by atomic mass is 32.2. The number of amidine groups is 1. The molecule has 3 aromatic rings. The van der Waals surface area contributed by atoms with Crippen LogP contribution in [0.15, 0.2) is 64.9 Å². The molecule has 0 saturated heterocycles. The van der Waals surface area contributed by atoms with Gasteiger partial charge in [-0.25, -0.2) is 4.79 Å². The number of carbonyl (C=O) groups excluding carboxylic acids is 1. The van der Waals surface area contributed by atoms with Crippen molar-refractivity contribution in [3.05, 3.63) is 65.9 Å².